The maximum Gasteiger partial charge on any atom is 0.234 e. The fourth-order valence-corrected chi connectivity index (χ4v) is 3.88. The van der Waals surface area contributed by atoms with Gasteiger partial charge < -0.3 is 10.1 Å². The normalized spacial score (nSPS) is 20.8. The van der Waals surface area contributed by atoms with E-state index in [2.05, 4.69) is 45.4 Å². The van der Waals surface area contributed by atoms with Crippen molar-refractivity contribution in [2.24, 2.45) is 0 Å². The molecule has 3 rings (SSSR count). The molecule has 1 aromatic carbocycles. The molecule has 1 saturated carbocycles. The molecule has 138 valence electrons. The minimum Gasteiger partial charge on any atom is -0.383 e. The minimum absolute atomic E-state index is 0.160. The summed E-state index contributed by atoms with van der Waals surface area (Å²) in [4.78, 5) is 17.1. The highest BCUT2D eigenvalue weighted by atomic mass is 16.5. The fraction of sp³-hybridized carbons (Fsp3) is 0.650. The lowest BCUT2D eigenvalue weighted by molar-refractivity contribution is -0.123. The molecule has 2 aliphatic rings. The first-order valence-corrected chi connectivity index (χ1v) is 9.48. The Morgan fingerprint density at radius 3 is 2.40 bits per heavy atom. The summed E-state index contributed by atoms with van der Waals surface area (Å²) in [5.74, 6) is 0.160. The molecule has 0 bridgehead atoms. The van der Waals surface area contributed by atoms with Crippen molar-refractivity contribution in [3.8, 4) is 0 Å². The number of amides is 1. The molecule has 2 fully saturated rings. The van der Waals surface area contributed by atoms with Crippen molar-refractivity contribution in [2.75, 3.05) is 59.5 Å². The Morgan fingerprint density at radius 1 is 1.12 bits per heavy atom. The van der Waals surface area contributed by atoms with E-state index in [1.165, 1.54) is 24.8 Å². The van der Waals surface area contributed by atoms with Gasteiger partial charge in [-0.3, -0.25) is 14.6 Å². The van der Waals surface area contributed by atoms with Gasteiger partial charge in [0.05, 0.1) is 13.2 Å². The van der Waals surface area contributed by atoms with Gasteiger partial charge in [0.25, 0.3) is 0 Å². The summed E-state index contributed by atoms with van der Waals surface area (Å²) >= 11 is 0. The number of methoxy groups -OCH3 is 1. The Kier molecular flexibility index (Phi) is 6.45. The summed E-state index contributed by atoms with van der Waals surface area (Å²) in [6.45, 7) is 7.00. The second-order valence-corrected chi connectivity index (χ2v) is 7.39. The third kappa shape index (κ3) is 4.81. The molecular formula is C20H31N3O2. The standard InChI is InChI=1S/C20H31N3O2/c1-25-15-14-22-10-12-23(13-11-22)16-19(24)21-17-20(8-5-9-20)18-6-3-2-4-7-18/h2-4,6-7H,5,8-17H2,1H3,(H,21,24). The highest BCUT2D eigenvalue weighted by Gasteiger charge is 2.38. The zero-order valence-corrected chi connectivity index (χ0v) is 15.4. The van der Waals surface area contributed by atoms with Crippen LogP contribution in [-0.2, 0) is 14.9 Å². The van der Waals surface area contributed by atoms with Crippen molar-refractivity contribution in [1.29, 1.82) is 0 Å². The maximum absolute atomic E-state index is 12.4. The molecule has 1 aliphatic heterocycles. The number of hydrogen-bond acceptors (Lipinski definition) is 4. The number of carbonyl (C=O) groups excluding carboxylic acids is 1. The van der Waals surface area contributed by atoms with Gasteiger partial charge in [-0.1, -0.05) is 36.8 Å². The molecule has 1 aromatic rings. The molecular weight excluding hydrogens is 314 g/mol. The number of carbonyl (C=O) groups is 1. The van der Waals surface area contributed by atoms with Crippen LogP contribution in [0.3, 0.4) is 0 Å². The van der Waals surface area contributed by atoms with E-state index in [4.69, 9.17) is 4.74 Å². The molecule has 25 heavy (non-hydrogen) atoms. The maximum atomic E-state index is 12.4. The van der Waals surface area contributed by atoms with Gasteiger partial charge in [0.1, 0.15) is 0 Å². The number of piperazine rings is 1. The molecule has 5 nitrogen and oxygen atoms in total. The summed E-state index contributed by atoms with van der Waals surface area (Å²) < 4.78 is 5.13. The molecule has 0 unspecified atom stereocenters. The van der Waals surface area contributed by atoms with Gasteiger partial charge in [-0.25, -0.2) is 0 Å². The van der Waals surface area contributed by atoms with Crippen molar-refractivity contribution in [1.82, 2.24) is 15.1 Å². The minimum atomic E-state index is 0.160. The van der Waals surface area contributed by atoms with Crippen LogP contribution in [0.2, 0.25) is 0 Å². The topological polar surface area (TPSA) is 44.8 Å². The molecule has 1 heterocycles. The lowest BCUT2D eigenvalue weighted by atomic mass is 9.64. The quantitative estimate of drug-likeness (QED) is 0.775. The Bertz CT molecular complexity index is 537. The first-order valence-electron chi connectivity index (χ1n) is 9.48. The van der Waals surface area contributed by atoms with Crippen LogP contribution in [0.5, 0.6) is 0 Å². The Labute approximate surface area is 151 Å². The molecule has 0 radical (unpaired) electrons. The average Bonchev–Trinajstić information content (AvgIpc) is 2.61. The van der Waals surface area contributed by atoms with Gasteiger partial charge >= 0.3 is 0 Å². The average molecular weight is 345 g/mol. The van der Waals surface area contributed by atoms with Crippen molar-refractivity contribution >= 4 is 5.91 Å². The van der Waals surface area contributed by atoms with Crippen LogP contribution in [0.4, 0.5) is 0 Å². The highest BCUT2D eigenvalue weighted by Crippen LogP contribution is 2.43. The molecule has 0 aromatic heterocycles. The molecule has 1 aliphatic carbocycles. The van der Waals surface area contributed by atoms with E-state index >= 15 is 0 Å². The SMILES string of the molecule is COCCN1CCN(CC(=O)NCC2(c3ccccc3)CCC2)CC1. The van der Waals surface area contributed by atoms with Crippen LogP contribution in [0.15, 0.2) is 30.3 Å². The van der Waals surface area contributed by atoms with Gasteiger partial charge in [-0.2, -0.15) is 0 Å². The van der Waals surface area contributed by atoms with E-state index in [1.807, 2.05) is 0 Å². The van der Waals surface area contributed by atoms with Gasteiger partial charge in [0.2, 0.25) is 5.91 Å². The number of hydrogen-bond donors (Lipinski definition) is 1. The second-order valence-electron chi connectivity index (χ2n) is 7.39. The van der Waals surface area contributed by atoms with Crippen LogP contribution >= 0.6 is 0 Å². The number of nitrogens with zero attached hydrogens (tertiary/aromatic N) is 2. The predicted octanol–water partition coefficient (Wildman–Crippen LogP) is 1.49. The third-order valence-corrected chi connectivity index (χ3v) is 5.76. The Morgan fingerprint density at radius 2 is 1.80 bits per heavy atom. The van der Waals surface area contributed by atoms with Crippen molar-refractivity contribution in [2.45, 2.75) is 24.7 Å². The fourth-order valence-electron chi connectivity index (χ4n) is 3.88. The zero-order valence-electron chi connectivity index (χ0n) is 15.4. The largest absolute Gasteiger partial charge is 0.383 e. The lowest BCUT2D eigenvalue weighted by Gasteiger charge is -2.43. The van der Waals surface area contributed by atoms with E-state index in [0.29, 0.717) is 6.54 Å². The molecule has 1 N–H and O–H groups in total. The van der Waals surface area contributed by atoms with Crippen LogP contribution in [0, 0.1) is 0 Å². The monoisotopic (exact) mass is 345 g/mol. The third-order valence-electron chi connectivity index (χ3n) is 5.76. The summed E-state index contributed by atoms with van der Waals surface area (Å²) in [5, 5.41) is 3.20. The number of benzene rings is 1. The second kappa shape index (κ2) is 8.79. The zero-order chi connectivity index (χ0) is 17.5. The number of ether oxygens (including phenoxy) is 1. The van der Waals surface area contributed by atoms with E-state index in [1.54, 1.807) is 7.11 Å². The smallest absolute Gasteiger partial charge is 0.234 e. The van der Waals surface area contributed by atoms with Gasteiger partial charge in [0, 0.05) is 51.8 Å². The number of rotatable bonds is 8. The van der Waals surface area contributed by atoms with Gasteiger partial charge in [0.15, 0.2) is 0 Å². The summed E-state index contributed by atoms with van der Waals surface area (Å²) in [6, 6.07) is 10.6. The molecule has 5 heteroatoms. The van der Waals surface area contributed by atoms with Crippen LogP contribution < -0.4 is 5.32 Å². The molecule has 0 atom stereocenters. The molecule has 0 spiro atoms. The van der Waals surface area contributed by atoms with E-state index in [-0.39, 0.29) is 11.3 Å². The summed E-state index contributed by atoms with van der Waals surface area (Å²) in [5.41, 5.74) is 1.53. The lowest BCUT2D eigenvalue weighted by Crippen LogP contribution is -2.52. The van der Waals surface area contributed by atoms with E-state index in [0.717, 1.165) is 45.9 Å². The van der Waals surface area contributed by atoms with Crippen molar-refractivity contribution in [3.05, 3.63) is 35.9 Å². The van der Waals surface area contributed by atoms with E-state index in [9.17, 15) is 4.79 Å². The number of nitrogens with one attached hydrogen (secondary N) is 1. The Balaban J connectivity index is 1.41. The van der Waals surface area contributed by atoms with Gasteiger partial charge in [-0.15, -0.1) is 0 Å². The predicted molar refractivity (Wildman–Crippen MR) is 99.7 cm³/mol. The Hall–Kier alpha value is -1.43. The van der Waals surface area contributed by atoms with Crippen LogP contribution in [0.1, 0.15) is 24.8 Å². The molecule has 1 amide bonds. The first kappa shape index (κ1) is 18.4. The summed E-state index contributed by atoms with van der Waals surface area (Å²) in [6.07, 6.45) is 3.61. The van der Waals surface area contributed by atoms with Crippen molar-refractivity contribution < 1.29 is 9.53 Å². The van der Waals surface area contributed by atoms with Crippen molar-refractivity contribution in [3.63, 3.8) is 0 Å². The molecule has 1 saturated heterocycles. The first-order chi connectivity index (χ1) is 12.2. The highest BCUT2D eigenvalue weighted by molar-refractivity contribution is 5.78. The van der Waals surface area contributed by atoms with Crippen LogP contribution in [-0.4, -0.2) is 75.2 Å². The summed E-state index contributed by atoms with van der Waals surface area (Å²) in [7, 11) is 1.74. The van der Waals surface area contributed by atoms with Gasteiger partial charge in [-0.05, 0) is 18.4 Å². The van der Waals surface area contributed by atoms with Crippen LogP contribution in [0.25, 0.3) is 0 Å². The van der Waals surface area contributed by atoms with E-state index < -0.39 is 0 Å².